The zero-order chi connectivity index (χ0) is 12.5. The highest BCUT2D eigenvalue weighted by atomic mass is 15.1. The van der Waals surface area contributed by atoms with Crippen LogP contribution in [-0.4, -0.2) is 16.0 Å². The zero-order valence-corrected chi connectivity index (χ0v) is 10.8. The Morgan fingerprint density at radius 1 is 1.11 bits per heavy atom. The molecular weight excluding hydrogens is 222 g/mol. The van der Waals surface area contributed by atoms with Crippen LogP contribution in [0.5, 0.6) is 0 Å². The predicted octanol–water partition coefficient (Wildman–Crippen LogP) is 3.33. The van der Waals surface area contributed by atoms with Crippen LogP contribution >= 0.6 is 0 Å². The molecule has 1 saturated carbocycles. The Morgan fingerprint density at radius 3 is 2.50 bits per heavy atom. The summed E-state index contributed by atoms with van der Waals surface area (Å²) < 4.78 is 0. The molecule has 1 aliphatic rings. The maximum atomic E-state index is 4.58. The van der Waals surface area contributed by atoms with Gasteiger partial charge >= 0.3 is 0 Å². The fraction of sp³-hybridized carbons (Fsp3) is 0.333. The molecule has 0 atom stereocenters. The van der Waals surface area contributed by atoms with E-state index in [0.717, 1.165) is 17.2 Å². The number of rotatable bonds is 3. The summed E-state index contributed by atoms with van der Waals surface area (Å²) in [5.74, 6) is 0.745. The van der Waals surface area contributed by atoms with Gasteiger partial charge in [0.2, 0.25) is 5.95 Å². The molecule has 0 bridgehead atoms. The number of nitrogens with one attached hydrogen (secondary N) is 1. The third kappa shape index (κ3) is 2.50. The van der Waals surface area contributed by atoms with E-state index in [1.807, 2.05) is 12.3 Å². The molecular formula is C15H17N3. The van der Waals surface area contributed by atoms with Crippen molar-refractivity contribution < 1.29 is 0 Å². The smallest absolute Gasteiger partial charge is 0.223 e. The molecule has 1 aromatic carbocycles. The number of hydrogen-bond acceptors (Lipinski definition) is 3. The van der Waals surface area contributed by atoms with Crippen LogP contribution in [0.25, 0.3) is 11.3 Å². The Morgan fingerprint density at radius 2 is 1.83 bits per heavy atom. The lowest BCUT2D eigenvalue weighted by molar-refractivity contribution is 1.06. The molecule has 1 fully saturated rings. The number of anilines is 1. The van der Waals surface area contributed by atoms with Gasteiger partial charge in [0.25, 0.3) is 0 Å². The van der Waals surface area contributed by atoms with E-state index < -0.39 is 0 Å². The first kappa shape index (κ1) is 11.2. The number of aromatic nitrogens is 2. The summed E-state index contributed by atoms with van der Waals surface area (Å²) in [6.45, 7) is 4.22. The highest BCUT2D eigenvalue weighted by molar-refractivity contribution is 5.62. The van der Waals surface area contributed by atoms with Crippen molar-refractivity contribution in [2.75, 3.05) is 5.32 Å². The van der Waals surface area contributed by atoms with Crippen LogP contribution < -0.4 is 5.32 Å². The van der Waals surface area contributed by atoms with Crippen molar-refractivity contribution in [3.05, 3.63) is 41.6 Å². The second kappa shape index (κ2) is 4.41. The molecule has 1 N–H and O–H groups in total. The fourth-order valence-corrected chi connectivity index (χ4v) is 2.12. The lowest BCUT2D eigenvalue weighted by Gasteiger charge is -2.07. The number of benzene rings is 1. The minimum atomic E-state index is 0.583. The standard InChI is InChI=1S/C15H17N3/c1-10-7-11(2)9-12(8-10)14-5-6-16-15(18-14)17-13-3-4-13/h5-9,13H,3-4H2,1-2H3,(H,16,17,18). The van der Waals surface area contributed by atoms with Crippen LogP contribution in [0.3, 0.4) is 0 Å². The van der Waals surface area contributed by atoms with Gasteiger partial charge < -0.3 is 5.32 Å². The van der Waals surface area contributed by atoms with Gasteiger partial charge in [-0.2, -0.15) is 0 Å². The summed E-state index contributed by atoms with van der Waals surface area (Å²) in [6.07, 6.45) is 4.29. The molecule has 18 heavy (non-hydrogen) atoms. The molecule has 3 nitrogen and oxygen atoms in total. The predicted molar refractivity (Wildman–Crippen MR) is 73.6 cm³/mol. The first-order valence-corrected chi connectivity index (χ1v) is 6.39. The Balaban J connectivity index is 1.94. The molecule has 0 saturated heterocycles. The Hall–Kier alpha value is -1.90. The second-order valence-corrected chi connectivity index (χ2v) is 5.06. The Kier molecular flexibility index (Phi) is 2.74. The number of hydrogen-bond donors (Lipinski definition) is 1. The largest absolute Gasteiger partial charge is 0.351 e. The monoisotopic (exact) mass is 239 g/mol. The summed E-state index contributed by atoms with van der Waals surface area (Å²) >= 11 is 0. The second-order valence-electron chi connectivity index (χ2n) is 5.06. The first-order valence-electron chi connectivity index (χ1n) is 6.39. The molecule has 0 amide bonds. The van der Waals surface area contributed by atoms with E-state index in [1.54, 1.807) is 0 Å². The molecule has 92 valence electrons. The quantitative estimate of drug-likeness (QED) is 0.892. The molecule has 0 unspecified atom stereocenters. The third-order valence-corrected chi connectivity index (χ3v) is 3.08. The summed E-state index contributed by atoms with van der Waals surface area (Å²) in [7, 11) is 0. The van der Waals surface area contributed by atoms with Crippen LogP contribution in [0, 0.1) is 13.8 Å². The molecule has 0 aliphatic heterocycles. The van der Waals surface area contributed by atoms with Crippen LogP contribution in [0.15, 0.2) is 30.5 Å². The van der Waals surface area contributed by atoms with Gasteiger partial charge in [-0.15, -0.1) is 0 Å². The van der Waals surface area contributed by atoms with Crippen molar-refractivity contribution in [1.82, 2.24) is 9.97 Å². The number of aryl methyl sites for hydroxylation is 2. The van der Waals surface area contributed by atoms with Gasteiger partial charge in [0, 0.05) is 17.8 Å². The van der Waals surface area contributed by atoms with Crippen molar-refractivity contribution >= 4 is 5.95 Å². The molecule has 1 aliphatic carbocycles. The maximum Gasteiger partial charge on any atom is 0.223 e. The van der Waals surface area contributed by atoms with Crippen LogP contribution in [0.1, 0.15) is 24.0 Å². The van der Waals surface area contributed by atoms with Gasteiger partial charge in [0.1, 0.15) is 0 Å². The lowest BCUT2D eigenvalue weighted by atomic mass is 10.1. The molecule has 1 aromatic heterocycles. The van der Waals surface area contributed by atoms with E-state index in [-0.39, 0.29) is 0 Å². The molecule has 0 spiro atoms. The average molecular weight is 239 g/mol. The van der Waals surface area contributed by atoms with E-state index in [4.69, 9.17) is 0 Å². The van der Waals surface area contributed by atoms with Crippen molar-refractivity contribution in [1.29, 1.82) is 0 Å². The molecule has 3 heteroatoms. The van der Waals surface area contributed by atoms with Crippen molar-refractivity contribution in [2.45, 2.75) is 32.7 Å². The highest BCUT2D eigenvalue weighted by Crippen LogP contribution is 2.25. The molecule has 2 aromatic rings. The zero-order valence-electron chi connectivity index (χ0n) is 10.8. The van der Waals surface area contributed by atoms with Gasteiger partial charge in [-0.3, -0.25) is 0 Å². The van der Waals surface area contributed by atoms with Gasteiger partial charge in [0.05, 0.1) is 5.69 Å². The van der Waals surface area contributed by atoms with E-state index in [9.17, 15) is 0 Å². The normalized spacial score (nSPS) is 14.6. The topological polar surface area (TPSA) is 37.8 Å². The van der Waals surface area contributed by atoms with E-state index in [1.165, 1.54) is 24.0 Å². The summed E-state index contributed by atoms with van der Waals surface area (Å²) in [4.78, 5) is 8.85. The minimum Gasteiger partial charge on any atom is -0.351 e. The summed E-state index contributed by atoms with van der Waals surface area (Å²) in [5, 5.41) is 3.33. The maximum absolute atomic E-state index is 4.58. The summed E-state index contributed by atoms with van der Waals surface area (Å²) in [5.41, 5.74) is 4.68. The molecule has 3 rings (SSSR count). The first-order chi connectivity index (χ1) is 8.70. The third-order valence-electron chi connectivity index (χ3n) is 3.08. The Bertz CT molecular complexity index is 553. The fourth-order valence-electron chi connectivity index (χ4n) is 2.12. The van der Waals surface area contributed by atoms with Crippen molar-refractivity contribution in [3.8, 4) is 11.3 Å². The summed E-state index contributed by atoms with van der Waals surface area (Å²) in [6, 6.07) is 9.05. The number of nitrogens with zero attached hydrogens (tertiary/aromatic N) is 2. The molecule has 1 heterocycles. The van der Waals surface area contributed by atoms with Crippen LogP contribution in [0.4, 0.5) is 5.95 Å². The van der Waals surface area contributed by atoms with E-state index in [0.29, 0.717) is 6.04 Å². The van der Waals surface area contributed by atoms with Crippen LogP contribution in [-0.2, 0) is 0 Å². The molecule has 0 radical (unpaired) electrons. The SMILES string of the molecule is Cc1cc(C)cc(-c2ccnc(NC3CC3)n2)c1. The minimum absolute atomic E-state index is 0.583. The van der Waals surface area contributed by atoms with Gasteiger partial charge in [0.15, 0.2) is 0 Å². The van der Waals surface area contributed by atoms with Crippen LogP contribution in [0.2, 0.25) is 0 Å². The van der Waals surface area contributed by atoms with Gasteiger partial charge in [-0.1, -0.05) is 17.2 Å². The van der Waals surface area contributed by atoms with Crippen molar-refractivity contribution in [2.24, 2.45) is 0 Å². The highest BCUT2D eigenvalue weighted by Gasteiger charge is 2.21. The van der Waals surface area contributed by atoms with Gasteiger partial charge in [-0.25, -0.2) is 9.97 Å². The average Bonchev–Trinajstić information content (AvgIpc) is 3.12. The van der Waals surface area contributed by atoms with E-state index in [2.05, 4.69) is 47.3 Å². The van der Waals surface area contributed by atoms with E-state index >= 15 is 0 Å². The van der Waals surface area contributed by atoms with Gasteiger partial charge in [-0.05, 0) is 44.9 Å². The van der Waals surface area contributed by atoms with Crippen molar-refractivity contribution in [3.63, 3.8) is 0 Å². The Labute approximate surface area is 107 Å². The lowest BCUT2D eigenvalue weighted by Crippen LogP contribution is -2.05.